The first-order valence-corrected chi connectivity index (χ1v) is 11.0. The van der Waals surface area contributed by atoms with Gasteiger partial charge in [0.05, 0.1) is 10.3 Å². The van der Waals surface area contributed by atoms with Gasteiger partial charge in [-0.15, -0.1) is 23.2 Å². The Morgan fingerprint density at radius 2 is 1.97 bits per heavy atom. The molecule has 9 atom stereocenters. The number of halogens is 3. The van der Waals surface area contributed by atoms with Gasteiger partial charge in [-0.3, -0.25) is 9.59 Å². The summed E-state index contributed by atoms with van der Waals surface area (Å²) < 4.78 is 15.4. The molecular weight excluding hydrogens is 418 g/mol. The van der Waals surface area contributed by atoms with Crippen LogP contribution in [0.5, 0.6) is 0 Å². The van der Waals surface area contributed by atoms with Gasteiger partial charge in [0.1, 0.15) is 18.4 Å². The molecule has 2 N–H and O–H groups in total. The highest BCUT2D eigenvalue weighted by atomic mass is 35.5. The largest absolute Gasteiger partial charge is 0.388 e. The van der Waals surface area contributed by atoms with Crippen molar-refractivity contribution in [2.45, 2.75) is 62.1 Å². The third-order valence-corrected chi connectivity index (χ3v) is 10.3. The van der Waals surface area contributed by atoms with Gasteiger partial charge in [-0.25, -0.2) is 4.39 Å². The van der Waals surface area contributed by atoms with Crippen LogP contribution in [0.1, 0.15) is 40.0 Å². The zero-order chi connectivity index (χ0) is 21.6. The van der Waals surface area contributed by atoms with Gasteiger partial charge in [-0.05, 0) is 54.7 Å². The molecule has 0 aromatic carbocycles. The van der Waals surface area contributed by atoms with E-state index in [1.807, 2.05) is 13.8 Å². The monoisotopic (exact) mass is 444 g/mol. The number of hydrogen-bond donors (Lipinski definition) is 2. The second-order valence-corrected chi connectivity index (χ2v) is 10.9. The number of rotatable bonds is 2. The van der Waals surface area contributed by atoms with Crippen molar-refractivity contribution in [3.05, 3.63) is 23.8 Å². The molecule has 29 heavy (non-hydrogen) atoms. The van der Waals surface area contributed by atoms with Crippen molar-refractivity contribution in [3.63, 3.8) is 0 Å². The molecule has 4 rings (SSSR count). The number of aliphatic hydroxyl groups excluding tert-OH is 1. The topological polar surface area (TPSA) is 74.6 Å². The molecule has 0 amide bonds. The lowest BCUT2D eigenvalue weighted by atomic mass is 9.46. The second kappa shape index (κ2) is 6.38. The lowest BCUT2D eigenvalue weighted by Crippen LogP contribution is -2.69. The summed E-state index contributed by atoms with van der Waals surface area (Å²) in [5, 5.41) is 20.3. The van der Waals surface area contributed by atoms with Crippen molar-refractivity contribution in [3.8, 4) is 0 Å². The van der Waals surface area contributed by atoms with Gasteiger partial charge >= 0.3 is 0 Å². The van der Waals surface area contributed by atoms with E-state index in [9.17, 15) is 19.8 Å². The first-order valence-electron chi connectivity index (χ1n) is 10.2. The molecule has 4 aliphatic rings. The maximum absolute atomic E-state index is 15.4. The zero-order valence-electron chi connectivity index (χ0n) is 16.8. The molecular formula is C22H27Cl2FO4. The van der Waals surface area contributed by atoms with Crippen molar-refractivity contribution < 1.29 is 24.2 Å². The number of allylic oxidation sites excluding steroid dienone is 4. The summed E-state index contributed by atoms with van der Waals surface area (Å²) >= 11 is 14.2. The number of carbonyl (C=O) groups is 2. The maximum Gasteiger partial charge on any atom is 0.190 e. The fourth-order valence-electron chi connectivity index (χ4n) is 7.19. The number of aliphatic hydroxyl groups is 2. The first kappa shape index (κ1) is 21.5. The lowest BCUT2D eigenvalue weighted by Gasteiger charge is -2.64. The Morgan fingerprint density at radius 1 is 1.31 bits per heavy atom. The molecule has 4 nitrogen and oxygen atoms in total. The van der Waals surface area contributed by atoms with E-state index in [1.54, 1.807) is 13.0 Å². The van der Waals surface area contributed by atoms with Crippen molar-refractivity contribution in [2.24, 2.45) is 28.6 Å². The highest BCUT2D eigenvalue weighted by Crippen LogP contribution is 2.72. The fourth-order valence-corrected chi connectivity index (χ4v) is 8.39. The normalized spacial score (nSPS) is 53.7. The molecule has 3 saturated carbocycles. The van der Waals surface area contributed by atoms with E-state index in [0.717, 1.165) is 0 Å². The van der Waals surface area contributed by atoms with Crippen LogP contribution in [-0.4, -0.2) is 50.4 Å². The minimum absolute atomic E-state index is 0.0889. The lowest BCUT2D eigenvalue weighted by molar-refractivity contribution is -0.168. The molecule has 0 spiro atoms. The Hall–Kier alpha value is -0.750. The SMILES string of the molecule is C[C@H]1C[C@H]2[C@@H]3C[C@H](F)C4=CC(=O)C=C[C@]4(C)[C@@]3(Cl)[C@@H](Cl)C[C@]2(C)[C@@]1(O)C(=O)CO. The summed E-state index contributed by atoms with van der Waals surface area (Å²) in [4.78, 5) is 23.5. The van der Waals surface area contributed by atoms with Crippen LogP contribution in [-0.2, 0) is 9.59 Å². The average molecular weight is 445 g/mol. The smallest absolute Gasteiger partial charge is 0.190 e. The highest BCUT2D eigenvalue weighted by molar-refractivity contribution is 6.34. The van der Waals surface area contributed by atoms with E-state index in [4.69, 9.17) is 23.2 Å². The molecule has 0 saturated heterocycles. The van der Waals surface area contributed by atoms with Crippen molar-refractivity contribution >= 4 is 34.8 Å². The molecule has 0 unspecified atom stereocenters. The molecule has 7 heteroatoms. The standard InChI is InChI=1S/C22H27Cl2FO4/c1-11-6-13-14-8-16(25)15-7-12(27)4-5-19(15,2)21(14,24)17(23)9-20(13,3)22(11,29)18(28)10-26/h4-5,7,11,13-14,16-17,26,29H,6,8-10H2,1-3H3/t11-,13-,14-,16-,17-,19-,20-,21-,22-/m0/s1. The highest BCUT2D eigenvalue weighted by Gasteiger charge is 2.75. The molecule has 0 aromatic rings. The number of hydrogen-bond acceptors (Lipinski definition) is 4. The minimum Gasteiger partial charge on any atom is -0.388 e. The predicted octanol–water partition coefficient (Wildman–Crippen LogP) is 3.36. The molecule has 3 fully saturated rings. The molecule has 4 aliphatic carbocycles. The molecule has 160 valence electrons. The third kappa shape index (κ3) is 2.34. The van der Waals surface area contributed by atoms with E-state index >= 15 is 4.39 Å². The van der Waals surface area contributed by atoms with Gasteiger partial charge < -0.3 is 10.2 Å². The summed E-state index contributed by atoms with van der Waals surface area (Å²) in [5.74, 6) is -1.94. The summed E-state index contributed by atoms with van der Waals surface area (Å²) in [7, 11) is 0. The molecule has 0 heterocycles. The number of alkyl halides is 3. The van der Waals surface area contributed by atoms with Crippen LogP contribution in [0.3, 0.4) is 0 Å². The van der Waals surface area contributed by atoms with Gasteiger partial charge in [0.2, 0.25) is 0 Å². The van der Waals surface area contributed by atoms with E-state index in [0.29, 0.717) is 12.0 Å². The fraction of sp³-hybridized carbons (Fsp3) is 0.727. The van der Waals surface area contributed by atoms with Gasteiger partial charge in [0.25, 0.3) is 0 Å². The summed E-state index contributed by atoms with van der Waals surface area (Å²) in [6, 6.07) is 0. The van der Waals surface area contributed by atoms with Gasteiger partial charge in [0.15, 0.2) is 11.6 Å². The quantitative estimate of drug-likeness (QED) is 0.640. The summed E-state index contributed by atoms with van der Waals surface area (Å²) in [6.07, 6.45) is 3.92. The number of Topliss-reactive ketones (excluding diaryl/α,β-unsaturated/α-hetero) is 1. The maximum atomic E-state index is 15.4. The van der Waals surface area contributed by atoms with Crippen molar-refractivity contribution in [2.75, 3.05) is 6.61 Å². The number of carbonyl (C=O) groups excluding carboxylic acids is 2. The number of ketones is 2. The Morgan fingerprint density at radius 3 is 2.59 bits per heavy atom. The number of fused-ring (bicyclic) bond motifs is 5. The van der Waals surface area contributed by atoms with Gasteiger partial charge in [-0.1, -0.05) is 26.8 Å². The van der Waals surface area contributed by atoms with Crippen LogP contribution in [0.4, 0.5) is 4.39 Å². The first-order chi connectivity index (χ1) is 13.4. The van der Waals surface area contributed by atoms with Gasteiger partial charge in [-0.2, -0.15) is 0 Å². The van der Waals surface area contributed by atoms with E-state index in [1.165, 1.54) is 12.2 Å². The summed E-state index contributed by atoms with van der Waals surface area (Å²) in [6.45, 7) is 4.68. The van der Waals surface area contributed by atoms with Crippen LogP contribution in [0.2, 0.25) is 0 Å². The zero-order valence-corrected chi connectivity index (χ0v) is 18.3. The van der Waals surface area contributed by atoms with E-state index < -0.39 is 57.1 Å². The van der Waals surface area contributed by atoms with E-state index in [2.05, 4.69) is 0 Å². The third-order valence-electron chi connectivity index (χ3n) is 8.74. The van der Waals surface area contributed by atoms with E-state index in [-0.39, 0.29) is 24.5 Å². The molecule has 0 aromatic heterocycles. The second-order valence-electron chi connectivity index (χ2n) is 9.80. The van der Waals surface area contributed by atoms with Crippen molar-refractivity contribution in [1.82, 2.24) is 0 Å². The minimum atomic E-state index is -1.74. The average Bonchev–Trinajstić information content (AvgIpc) is 2.86. The molecule has 0 bridgehead atoms. The molecule has 0 radical (unpaired) electrons. The summed E-state index contributed by atoms with van der Waals surface area (Å²) in [5.41, 5.74) is -3.24. The van der Waals surface area contributed by atoms with Crippen LogP contribution < -0.4 is 0 Å². The Bertz CT molecular complexity index is 843. The van der Waals surface area contributed by atoms with Gasteiger partial charge in [0, 0.05) is 10.8 Å². The Balaban J connectivity index is 1.87. The van der Waals surface area contributed by atoms with Crippen LogP contribution in [0, 0.1) is 28.6 Å². The van der Waals surface area contributed by atoms with Crippen molar-refractivity contribution in [1.29, 1.82) is 0 Å². The van der Waals surface area contributed by atoms with Crippen LogP contribution in [0.25, 0.3) is 0 Å². The Kier molecular flexibility index (Phi) is 4.73. The molecule has 0 aliphatic heterocycles. The van der Waals surface area contributed by atoms with Crippen LogP contribution >= 0.6 is 23.2 Å². The van der Waals surface area contributed by atoms with Crippen LogP contribution in [0.15, 0.2) is 23.8 Å². The predicted molar refractivity (Wildman–Crippen MR) is 109 cm³/mol. The Labute approximate surface area is 180 Å².